The number of nitro groups is 1. The molecule has 0 saturated carbocycles. The van der Waals surface area contributed by atoms with Gasteiger partial charge in [0.1, 0.15) is 0 Å². The van der Waals surface area contributed by atoms with Crippen LogP contribution in [0.2, 0.25) is 5.02 Å². The summed E-state index contributed by atoms with van der Waals surface area (Å²) in [7, 11) is 0. The van der Waals surface area contributed by atoms with E-state index < -0.39 is 0 Å². The zero-order chi connectivity index (χ0) is 15.2. The number of likely N-dealkylation sites (N-methyl/N-ethyl adjacent to an activating group) is 1. The molecule has 0 aliphatic rings. The van der Waals surface area contributed by atoms with Crippen molar-refractivity contribution < 1.29 is 4.92 Å². The molecule has 0 radical (unpaired) electrons. The van der Waals surface area contributed by atoms with Crippen molar-refractivity contribution in [2.75, 3.05) is 6.54 Å². The van der Waals surface area contributed by atoms with Crippen molar-refractivity contribution in [2.45, 2.75) is 19.4 Å². The van der Waals surface area contributed by atoms with E-state index in [1.54, 1.807) is 12.1 Å². The van der Waals surface area contributed by atoms with E-state index in [2.05, 4.69) is 5.32 Å². The number of para-hydroxylation sites is 1. The number of hydrogen-bond acceptors (Lipinski definition) is 3. The van der Waals surface area contributed by atoms with Crippen molar-refractivity contribution >= 4 is 17.3 Å². The minimum atomic E-state index is -0.342. The van der Waals surface area contributed by atoms with Crippen LogP contribution in [0.4, 0.5) is 5.69 Å². The average molecular weight is 305 g/mol. The molecular formula is C16H17ClN2O2. The molecule has 0 aromatic heterocycles. The number of nitro benzene ring substituents is 1. The lowest BCUT2D eigenvalue weighted by Crippen LogP contribution is -2.23. The SMILES string of the molecule is CCNC(Cc1ccccc1[N+](=O)[O-])c1ccccc1Cl. The van der Waals surface area contributed by atoms with Crippen LogP contribution in [0.15, 0.2) is 48.5 Å². The lowest BCUT2D eigenvalue weighted by Gasteiger charge is -2.19. The molecule has 2 rings (SSSR count). The largest absolute Gasteiger partial charge is 0.310 e. The quantitative estimate of drug-likeness (QED) is 0.644. The zero-order valence-electron chi connectivity index (χ0n) is 11.8. The second-order valence-corrected chi connectivity index (χ2v) is 5.13. The molecule has 1 unspecified atom stereocenters. The van der Waals surface area contributed by atoms with Crippen LogP contribution >= 0.6 is 11.6 Å². The van der Waals surface area contributed by atoms with Crippen LogP contribution in [0.5, 0.6) is 0 Å². The van der Waals surface area contributed by atoms with Gasteiger partial charge in [-0.15, -0.1) is 0 Å². The molecule has 5 heteroatoms. The minimum Gasteiger partial charge on any atom is -0.310 e. The Bertz CT molecular complexity index is 631. The molecule has 0 saturated heterocycles. The molecule has 0 spiro atoms. The Morgan fingerprint density at radius 1 is 1.19 bits per heavy atom. The first-order valence-corrected chi connectivity index (χ1v) is 7.21. The number of benzene rings is 2. The van der Waals surface area contributed by atoms with Gasteiger partial charge >= 0.3 is 0 Å². The highest BCUT2D eigenvalue weighted by molar-refractivity contribution is 6.31. The summed E-state index contributed by atoms with van der Waals surface area (Å²) >= 11 is 6.25. The number of nitrogens with zero attached hydrogens (tertiary/aromatic N) is 1. The van der Waals surface area contributed by atoms with Crippen molar-refractivity contribution in [2.24, 2.45) is 0 Å². The van der Waals surface area contributed by atoms with Gasteiger partial charge in [0.2, 0.25) is 0 Å². The van der Waals surface area contributed by atoms with Gasteiger partial charge < -0.3 is 5.32 Å². The Hall–Kier alpha value is -1.91. The highest BCUT2D eigenvalue weighted by Crippen LogP contribution is 2.28. The summed E-state index contributed by atoms with van der Waals surface area (Å²) < 4.78 is 0. The summed E-state index contributed by atoms with van der Waals surface area (Å²) in [5.74, 6) is 0. The summed E-state index contributed by atoms with van der Waals surface area (Å²) in [6.07, 6.45) is 0.523. The van der Waals surface area contributed by atoms with Gasteiger partial charge in [0.05, 0.1) is 4.92 Å². The highest BCUT2D eigenvalue weighted by Gasteiger charge is 2.19. The Kier molecular flexibility index (Phi) is 5.31. The van der Waals surface area contributed by atoms with Crippen LogP contribution in [0.25, 0.3) is 0 Å². The molecule has 4 nitrogen and oxygen atoms in total. The highest BCUT2D eigenvalue weighted by atomic mass is 35.5. The molecule has 0 amide bonds. The molecule has 21 heavy (non-hydrogen) atoms. The third-order valence-corrected chi connectivity index (χ3v) is 3.69. The van der Waals surface area contributed by atoms with Crippen molar-refractivity contribution in [3.05, 3.63) is 74.8 Å². The van der Waals surface area contributed by atoms with Crippen LogP contribution in [0, 0.1) is 10.1 Å². The maximum absolute atomic E-state index is 11.1. The Morgan fingerprint density at radius 3 is 2.52 bits per heavy atom. The van der Waals surface area contributed by atoms with Crippen LogP contribution in [0.3, 0.4) is 0 Å². The predicted molar refractivity (Wildman–Crippen MR) is 84.7 cm³/mol. The third kappa shape index (κ3) is 3.80. The van der Waals surface area contributed by atoms with E-state index in [0.29, 0.717) is 17.0 Å². The van der Waals surface area contributed by atoms with Gasteiger partial charge in [-0.2, -0.15) is 0 Å². The van der Waals surface area contributed by atoms with E-state index in [-0.39, 0.29) is 16.7 Å². The maximum Gasteiger partial charge on any atom is 0.272 e. The van der Waals surface area contributed by atoms with Crippen LogP contribution in [-0.2, 0) is 6.42 Å². The van der Waals surface area contributed by atoms with Crippen molar-refractivity contribution in [1.82, 2.24) is 5.32 Å². The normalized spacial score (nSPS) is 12.1. The van der Waals surface area contributed by atoms with E-state index in [4.69, 9.17) is 11.6 Å². The van der Waals surface area contributed by atoms with E-state index in [9.17, 15) is 10.1 Å². The molecule has 0 heterocycles. The summed E-state index contributed by atoms with van der Waals surface area (Å²) in [6, 6.07) is 14.3. The summed E-state index contributed by atoms with van der Waals surface area (Å²) in [6.45, 7) is 2.76. The number of hydrogen-bond donors (Lipinski definition) is 1. The van der Waals surface area contributed by atoms with Gasteiger partial charge in [-0.05, 0) is 24.6 Å². The minimum absolute atomic E-state index is 0.0511. The molecule has 2 aromatic rings. The van der Waals surface area contributed by atoms with Crippen molar-refractivity contribution in [3.8, 4) is 0 Å². The lowest BCUT2D eigenvalue weighted by molar-refractivity contribution is -0.385. The summed E-state index contributed by atoms with van der Waals surface area (Å²) in [5.41, 5.74) is 1.81. The first-order valence-electron chi connectivity index (χ1n) is 6.83. The van der Waals surface area contributed by atoms with Gasteiger partial charge in [0.25, 0.3) is 5.69 Å². The second kappa shape index (κ2) is 7.20. The predicted octanol–water partition coefficient (Wildman–Crippen LogP) is 4.14. The zero-order valence-corrected chi connectivity index (χ0v) is 12.5. The Labute approximate surface area is 128 Å². The smallest absolute Gasteiger partial charge is 0.272 e. The average Bonchev–Trinajstić information content (AvgIpc) is 2.48. The van der Waals surface area contributed by atoms with E-state index in [0.717, 1.165) is 12.1 Å². The fourth-order valence-corrected chi connectivity index (χ4v) is 2.65. The Balaban J connectivity index is 2.33. The molecule has 0 bridgehead atoms. The Morgan fingerprint density at radius 2 is 1.86 bits per heavy atom. The fourth-order valence-electron chi connectivity index (χ4n) is 2.38. The summed E-state index contributed by atoms with van der Waals surface area (Å²) in [4.78, 5) is 10.8. The number of nitrogens with one attached hydrogen (secondary N) is 1. The topological polar surface area (TPSA) is 55.2 Å². The van der Waals surface area contributed by atoms with Crippen LogP contribution in [0.1, 0.15) is 24.1 Å². The third-order valence-electron chi connectivity index (χ3n) is 3.34. The molecule has 1 atom stereocenters. The van der Waals surface area contributed by atoms with Gasteiger partial charge in [0, 0.05) is 22.7 Å². The molecule has 0 aliphatic carbocycles. The van der Waals surface area contributed by atoms with Crippen molar-refractivity contribution in [1.29, 1.82) is 0 Å². The van der Waals surface area contributed by atoms with E-state index in [1.807, 2.05) is 37.3 Å². The van der Waals surface area contributed by atoms with E-state index in [1.165, 1.54) is 6.07 Å². The first-order chi connectivity index (χ1) is 10.1. The van der Waals surface area contributed by atoms with Crippen LogP contribution in [-0.4, -0.2) is 11.5 Å². The maximum atomic E-state index is 11.1. The second-order valence-electron chi connectivity index (χ2n) is 4.72. The molecule has 110 valence electrons. The monoisotopic (exact) mass is 304 g/mol. The molecule has 1 N–H and O–H groups in total. The number of halogens is 1. The van der Waals surface area contributed by atoms with Gasteiger partial charge in [-0.25, -0.2) is 0 Å². The lowest BCUT2D eigenvalue weighted by atomic mass is 9.97. The van der Waals surface area contributed by atoms with Crippen molar-refractivity contribution in [3.63, 3.8) is 0 Å². The first kappa shape index (κ1) is 15.5. The fraction of sp³-hybridized carbons (Fsp3) is 0.250. The van der Waals surface area contributed by atoms with Gasteiger partial charge in [0.15, 0.2) is 0 Å². The molecule has 0 fully saturated rings. The summed E-state index contributed by atoms with van der Waals surface area (Å²) in [5, 5.41) is 15.1. The van der Waals surface area contributed by atoms with E-state index >= 15 is 0 Å². The van der Waals surface area contributed by atoms with Gasteiger partial charge in [-0.1, -0.05) is 54.9 Å². The molecule has 2 aromatic carbocycles. The van der Waals surface area contributed by atoms with Crippen LogP contribution < -0.4 is 5.32 Å². The molecule has 0 aliphatic heterocycles. The standard InChI is InChI=1S/C16H17ClN2O2/c1-2-18-15(13-8-4-5-9-14(13)17)11-12-7-3-6-10-16(12)19(20)21/h3-10,15,18H,2,11H2,1H3. The molecular weight excluding hydrogens is 288 g/mol. The number of rotatable bonds is 6. The van der Waals surface area contributed by atoms with Gasteiger partial charge in [-0.3, -0.25) is 10.1 Å².